The number of hydrogen-bond donors (Lipinski definition) is 1. The van der Waals surface area contributed by atoms with E-state index in [1.807, 2.05) is 13.0 Å². The van der Waals surface area contributed by atoms with E-state index in [2.05, 4.69) is 23.0 Å². The van der Waals surface area contributed by atoms with E-state index in [9.17, 15) is 4.79 Å². The van der Waals surface area contributed by atoms with Crippen LogP contribution in [0.15, 0.2) is 40.3 Å². The lowest BCUT2D eigenvalue weighted by Crippen LogP contribution is -2.36. The van der Waals surface area contributed by atoms with Gasteiger partial charge in [0.1, 0.15) is 0 Å². The normalized spacial score (nSPS) is 24.8. The van der Waals surface area contributed by atoms with Crippen LogP contribution in [0, 0.1) is 23.2 Å². The highest BCUT2D eigenvalue weighted by atomic mass is 32.2. The number of nitrogens with one attached hydrogen (secondary N) is 1. The summed E-state index contributed by atoms with van der Waals surface area (Å²) in [6.07, 6.45) is 12.5. The highest BCUT2D eigenvalue weighted by molar-refractivity contribution is 8.17. The molecule has 2 aliphatic rings. The molecule has 1 aliphatic heterocycles. The summed E-state index contributed by atoms with van der Waals surface area (Å²) in [7, 11) is 0. The Hall–Kier alpha value is -1.80. The molecule has 0 bridgehead atoms. The summed E-state index contributed by atoms with van der Waals surface area (Å²) in [4.78, 5) is 17.7. The number of amides is 1. The third kappa shape index (κ3) is 5.68. The molecule has 1 aliphatic carbocycles. The number of hydrogen-bond acceptors (Lipinski definition) is 4. The van der Waals surface area contributed by atoms with Crippen LogP contribution in [0.25, 0.3) is 0 Å². The minimum atomic E-state index is -0.00644. The van der Waals surface area contributed by atoms with Crippen LogP contribution in [0.5, 0.6) is 0 Å². The van der Waals surface area contributed by atoms with Crippen molar-refractivity contribution in [2.24, 2.45) is 16.8 Å². The zero-order valence-electron chi connectivity index (χ0n) is 14.3. The summed E-state index contributed by atoms with van der Waals surface area (Å²) in [5.74, 6) is 0.490. The van der Waals surface area contributed by atoms with Crippen LogP contribution in [-0.4, -0.2) is 17.6 Å². The molecule has 5 heteroatoms. The van der Waals surface area contributed by atoms with Crippen molar-refractivity contribution < 1.29 is 4.79 Å². The Labute approximate surface area is 148 Å². The zero-order valence-corrected chi connectivity index (χ0v) is 15.1. The van der Waals surface area contributed by atoms with Gasteiger partial charge in [-0.1, -0.05) is 57.0 Å². The molecule has 0 radical (unpaired) electrons. The van der Waals surface area contributed by atoms with Gasteiger partial charge in [0, 0.05) is 10.8 Å². The molecule has 0 aromatic rings. The van der Waals surface area contributed by atoms with Crippen LogP contribution in [0.3, 0.4) is 0 Å². The van der Waals surface area contributed by atoms with Gasteiger partial charge in [0.05, 0.1) is 18.2 Å². The summed E-state index contributed by atoms with van der Waals surface area (Å²) in [5, 5.41) is 12.6. The van der Waals surface area contributed by atoms with E-state index in [-0.39, 0.29) is 11.8 Å². The predicted octanol–water partition coefficient (Wildman–Crippen LogP) is 4.33. The predicted molar refractivity (Wildman–Crippen MR) is 100 cm³/mol. The van der Waals surface area contributed by atoms with Crippen molar-refractivity contribution in [1.82, 2.24) is 5.32 Å². The van der Waals surface area contributed by atoms with Gasteiger partial charge in [-0.2, -0.15) is 5.26 Å². The average molecular weight is 343 g/mol. The van der Waals surface area contributed by atoms with E-state index in [0.717, 1.165) is 12.8 Å². The fraction of sp³-hybridized carbons (Fsp3) is 0.526. The minimum Gasteiger partial charge on any atom is -0.305 e. The highest BCUT2D eigenvalue weighted by Gasteiger charge is 2.25. The number of rotatable bonds is 2. The molecule has 4 nitrogen and oxygen atoms in total. The molecule has 1 atom stereocenters. The number of amidine groups is 1. The van der Waals surface area contributed by atoms with Gasteiger partial charge in [-0.3, -0.25) is 9.79 Å². The topological polar surface area (TPSA) is 65.2 Å². The highest BCUT2D eigenvalue weighted by Crippen LogP contribution is 2.29. The first-order valence-electron chi connectivity index (χ1n) is 8.60. The third-order valence-electron chi connectivity index (χ3n) is 4.56. The first-order valence-corrected chi connectivity index (χ1v) is 9.42. The van der Waals surface area contributed by atoms with Gasteiger partial charge in [-0.05, 0) is 30.9 Å². The maximum Gasteiger partial charge on any atom is 0.229 e. The quantitative estimate of drug-likeness (QED) is 0.759. The zero-order chi connectivity index (χ0) is 17.4. The van der Waals surface area contributed by atoms with Gasteiger partial charge in [0.2, 0.25) is 5.91 Å². The van der Waals surface area contributed by atoms with Crippen molar-refractivity contribution in [3.63, 3.8) is 0 Å². The Bertz CT molecular complexity index is 605. The van der Waals surface area contributed by atoms with Crippen molar-refractivity contribution in [2.45, 2.75) is 45.4 Å². The van der Waals surface area contributed by atoms with E-state index in [4.69, 9.17) is 5.26 Å². The summed E-state index contributed by atoms with van der Waals surface area (Å²) in [6, 6.07) is 2.11. The average Bonchev–Trinajstić information content (AvgIpc) is 2.81. The third-order valence-corrected chi connectivity index (χ3v) is 5.37. The van der Waals surface area contributed by atoms with E-state index >= 15 is 0 Å². The van der Waals surface area contributed by atoms with Crippen LogP contribution in [0.2, 0.25) is 0 Å². The summed E-state index contributed by atoms with van der Waals surface area (Å²) < 4.78 is 0. The molecule has 0 aromatic carbocycles. The first kappa shape index (κ1) is 18.5. The standard InChI is InChI=1S/C19H25N3OS/c1-14-12-16(13-20)8-7-11-21-19(24-14)22-18(23)15(2)17-9-5-3-4-6-10-17/h7-8,12,15,17H,1,3-6,9-11H2,2H3,(H,21,22,23)/b8-7-,16-12+. The van der Waals surface area contributed by atoms with E-state index < -0.39 is 0 Å². The number of carbonyl (C=O) groups is 1. The summed E-state index contributed by atoms with van der Waals surface area (Å²) >= 11 is 1.31. The summed E-state index contributed by atoms with van der Waals surface area (Å²) in [5.41, 5.74) is 0.544. The Morgan fingerprint density at radius 2 is 2.12 bits per heavy atom. The second-order valence-corrected chi connectivity index (χ2v) is 7.47. The second kappa shape index (κ2) is 9.48. The van der Waals surface area contributed by atoms with Crippen molar-refractivity contribution in [2.75, 3.05) is 6.54 Å². The van der Waals surface area contributed by atoms with Crippen LogP contribution in [0.4, 0.5) is 0 Å². The van der Waals surface area contributed by atoms with E-state index in [1.165, 1.54) is 37.4 Å². The monoisotopic (exact) mass is 343 g/mol. The van der Waals surface area contributed by atoms with Crippen LogP contribution in [0.1, 0.15) is 45.4 Å². The lowest BCUT2D eigenvalue weighted by atomic mass is 9.87. The van der Waals surface area contributed by atoms with Gasteiger partial charge in [-0.25, -0.2) is 0 Å². The largest absolute Gasteiger partial charge is 0.305 e. The van der Waals surface area contributed by atoms with Gasteiger partial charge in [-0.15, -0.1) is 0 Å². The molecule has 128 valence electrons. The Balaban J connectivity index is 1.99. The van der Waals surface area contributed by atoms with Crippen molar-refractivity contribution in [3.8, 4) is 6.07 Å². The molecule has 2 rings (SSSR count). The molecule has 1 fully saturated rings. The maximum absolute atomic E-state index is 12.6. The fourth-order valence-electron chi connectivity index (χ4n) is 3.10. The molecule has 0 aromatic heterocycles. The molecule has 24 heavy (non-hydrogen) atoms. The number of allylic oxidation sites excluding steroid dienone is 3. The number of nitrogens with zero attached hydrogens (tertiary/aromatic N) is 2. The number of aliphatic imine (C=N–C) groups is 1. The maximum atomic E-state index is 12.6. The van der Waals surface area contributed by atoms with Crippen LogP contribution < -0.4 is 5.32 Å². The lowest BCUT2D eigenvalue weighted by molar-refractivity contribution is -0.124. The molecule has 1 unspecified atom stereocenters. The molecule has 0 spiro atoms. The van der Waals surface area contributed by atoms with Gasteiger partial charge in [0.15, 0.2) is 5.17 Å². The van der Waals surface area contributed by atoms with E-state index in [0.29, 0.717) is 28.1 Å². The fourth-order valence-corrected chi connectivity index (χ4v) is 3.83. The number of thioether (sulfide) groups is 1. The van der Waals surface area contributed by atoms with Gasteiger partial charge >= 0.3 is 0 Å². The Morgan fingerprint density at radius 1 is 1.42 bits per heavy atom. The van der Waals surface area contributed by atoms with E-state index in [1.54, 1.807) is 12.2 Å². The van der Waals surface area contributed by atoms with Gasteiger partial charge in [0.25, 0.3) is 0 Å². The van der Waals surface area contributed by atoms with Crippen LogP contribution in [-0.2, 0) is 4.79 Å². The molecular weight excluding hydrogens is 318 g/mol. The molecular formula is C19H25N3OS. The second-order valence-electron chi connectivity index (χ2n) is 6.36. The number of carbonyl (C=O) groups excluding carboxylic acids is 1. The lowest BCUT2D eigenvalue weighted by Gasteiger charge is -2.22. The molecule has 0 saturated heterocycles. The number of nitriles is 1. The summed E-state index contributed by atoms with van der Waals surface area (Å²) in [6.45, 7) is 6.39. The molecule has 1 heterocycles. The minimum absolute atomic E-state index is 0.00644. The SMILES string of the molecule is C=C1/C=C(C#N)\C=C/CN=C(NC(=O)C(C)C2CCCCCC2)S1. The van der Waals surface area contributed by atoms with Gasteiger partial charge < -0.3 is 5.32 Å². The Morgan fingerprint density at radius 3 is 2.79 bits per heavy atom. The van der Waals surface area contributed by atoms with Crippen molar-refractivity contribution in [3.05, 3.63) is 35.3 Å². The smallest absolute Gasteiger partial charge is 0.229 e. The Kier molecular flexibility index (Phi) is 7.33. The molecule has 1 saturated carbocycles. The first-order chi connectivity index (χ1) is 11.6. The molecule has 1 amide bonds. The van der Waals surface area contributed by atoms with Crippen LogP contribution >= 0.6 is 11.8 Å². The van der Waals surface area contributed by atoms with Crippen molar-refractivity contribution in [1.29, 1.82) is 5.26 Å². The van der Waals surface area contributed by atoms with Crippen molar-refractivity contribution >= 4 is 22.8 Å². The molecule has 1 N–H and O–H groups in total.